The zero-order valence-corrected chi connectivity index (χ0v) is 84.2. The van der Waals surface area contributed by atoms with Crippen molar-refractivity contribution in [3.63, 3.8) is 0 Å². The quantitative estimate of drug-likeness (QED) is 0.0164. The minimum atomic E-state index is -1.81. The van der Waals surface area contributed by atoms with Gasteiger partial charge in [0.2, 0.25) is 100 Å². The Morgan fingerprint density at radius 3 is 0.822 bits per heavy atom. The van der Waals surface area contributed by atoms with Crippen LogP contribution in [-0.4, -0.2) is 310 Å². The van der Waals surface area contributed by atoms with Crippen LogP contribution in [0.1, 0.15) is 207 Å². The van der Waals surface area contributed by atoms with Gasteiger partial charge >= 0.3 is 5.97 Å². The van der Waals surface area contributed by atoms with Crippen molar-refractivity contribution in [3.05, 3.63) is 29.8 Å². The van der Waals surface area contributed by atoms with Crippen molar-refractivity contribution >= 4 is 136 Å². The Morgan fingerprint density at radius 2 is 0.527 bits per heavy atom. The fraction of sp³-hybridized carbons (Fsp3) is 0.674. The van der Waals surface area contributed by atoms with Gasteiger partial charge in [0.05, 0.1) is 25.7 Å². The molecule has 50 N–H and O–H groups in total. The van der Waals surface area contributed by atoms with Gasteiger partial charge in [-0.1, -0.05) is 39.8 Å². The van der Waals surface area contributed by atoms with Crippen LogP contribution in [0, 0.1) is 38.9 Å². The zero-order chi connectivity index (χ0) is 110. The number of nitrogens with two attached hydrogens (primary N) is 11. The molecule has 57 heteroatoms. The average Bonchev–Trinajstić information content (AvgIpc) is 0.828. The van der Waals surface area contributed by atoms with E-state index in [9.17, 15) is 91.7 Å². The SMILES string of the molecule is CC(C)C[C@H](NC(=O)[C@H](CCCCN)NC(=O)[C@H](C)NC(=O)[C@H](CC(C)C)NC(=O)[C@H](CCCCN)NC(=O)CNC(=O)CNC(=O)[C@H](CCCNC(=N)N)NC(=O)[C@H](CCCNC(=N)N)NC(=O)[C@H](CCC(N)=O)NC(=O)[C@H](CCCNC(=N)N)NC(=O)[C@H](CCCNC(=N)N)NC(=O)[C@H](CCCCN)NC(=O)[C@H](CCCCN)NC(=O)[C@H](CCCNC(=N)N)NC(=O)CNC(=O)[C@@H](N)Cc1ccc(O)cc1)C(=O)O. The summed E-state index contributed by atoms with van der Waals surface area (Å²) in [4.78, 5) is 252. The first-order chi connectivity index (χ1) is 69.0. The number of carboxylic acid groups (broad SMARTS) is 1. The fourth-order valence-electron chi connectivity index (χ4n) is 14.4. The number of aliphatic carboxylic acids is 1. The van der Waals surface area contributed by atoms with Crippen molar-refractivity contribution < 1.29 is 96.5 Å². The van der Waals surface area contributed by atoms with Crippen molar-refractivity contribution in [2.75, 3.05) is 78.5 Å². The highest BCUT2D eigenvalue weighted by molar-refractivity contribution is 6.01. The van der Waals surface area contributed by atoms with Crippen molar-refractivity contribution in [2.45, 2.75) is 293 Å². The summed E-state index contributed by atoms with van der Waals surface area (Å²) in [6, 6.07) is -14.4. The molecule has 0 aliphatic rings. The lowest BCUT2D eigenvalue weighted by molar-refractivity contribution is -0.143. The summed E-state index contributed by atoms with van der Waals surface area (Å²) >= 11 is 0. The molecule has 0 radical (unpaired) electrons. The molecule has 17 amide bonds. The summed E-state index contributed by atoms with van der Waals surface area (Å²) < 4.78 is 0. The number of unbranched alkanes of at least 4 members (excludes halogenated alkanes) is 4. The van der Waals surface area contributed by atoms with Gasteiger partial charge in [0.25, 0.3) is 0 Å². The van der Waals surface area contributed by atoms with Crippen LogP contribution < -0.4 is 175 Å². The molecule has 57 nitrogen and oxygen atoms in total. The Labute approximate surface area is 849 Å². The molecule has 0 aromatic heterocycles. The topological polar surface area (TPSA) is 1010 Å². The van der Waals surface area contributed by atoms with Crippen LogP contribution in [0.5, 0.6) is 5.75 Å². The molecular formula is C89H163N37O20. The molecule has 1 rings (SSSR count). The summed E-state index contributed by atoms with van der Waals surface area (Å²) in [5.41, 5.74) is 63.3. The molecule has 824 valence electrons. The van der Waals surface area contributed by atoms with Gasteiger partial charge in [0, 0.05) is 39.1 Å². The highest BCUT2D eigenvalue weighted by Crippen LogP contribution is 2.17. The van der Waals surface area contributed by atoms with E-state index in [1.54, 1.807) is 39.8 Å². The molecule has 0 bridgehead atoms. The summed E-state index contributed by atoms with van der Waals surface area (Å²) in [5.74, 6) is -19.8. The van der Waals surface area contributed by atoms with E-state index >= 15 is 4.79 Å². The monoisotopic (exact) mass is 2070 g/mol. The van der Waals surface area contributed by atoms with Gasteiger partial charge in [-0.25, -0.2) is 4.79 Å². The smallest absolute Gasteiger partial charge is 0.326 e. The molecule has 0 aliphatic heterocycles. The van der Waals surface area contributed by atoms with Crippen LogP contribution in [-0.2, 0) is 92.7 Å². The number of benzene rings is 1. The first-order valence-corrected chi connectivity index (χ1v) is 49.0. The Morgan fingerprint density at radius 1 is 0.281 bits per heavy atom. The molecule has 1 aromatic rings. The maximum absolute atomic E-state index is 15.0. The Hall–Kier alpha value is -14.4. The molecule has 0 spiro atoms. The summed E-state index contributed by atoms with van der Waals surface area (Å²) in [7, 11) is 0. The van der Waals surface area contributed by atoms with Gasteiger partial charge in [-0.05, 0) is 230 Å². The van der Waals surface area contributed by atoms with Gasteiger partial charge in [0.15, 0.2) is 29.8 Å². The number of amides is 17. The number of nitrogens with one attached hydrogen (secondary N) is 26. The number of rotatable bonds is 78. The van der Waals surface area contributed by atoms with Gasteiger partial charge < -0.3 is 185 Å². The van der Waals surface area contributed by atoms with Crippen LogP contribution in [0.4, 0.5) is 0 Å². The lowest BCUT2D eigenvalue weighted by Gasteiger charge is -2.28. The van der Waals surface area contributed by atoms with E-state index in [-0.39, 0.29) is 205 Å². The number of guanidine groups is 5. The van der Waals surface area contributed by atoms with E-state index in [0.717, 1.165) is 0 Å². The lowest BCUT2D eigenvalue weighted by atomic mass is 10.0. The second-order valence-corrected chi connectivity index (χ2v) is 35.9. The highest BCUT2D eigenvalue weighted by Gasteiger charge is 2.38. The highest BCUT2D eigenvalue weighted by atomic mass is 16.4. The summed E-state index contributed by atoms with van der Waals surface area (Å²) in [6.45, 7) is 6.60. The van der Waals surface area contributed by atoms with Crippen LogP contribution in [0.3, 0.4) is 0 Å². The third kappa shape index (κ3) is 59.0. The second kappa shape index (κ2) is 73.7. The Balaban J connectivity index is 3.81. The van der Waals surface area contributed by atoms with E-state index in [2.05, 4.69) is 112 Å². The van der Waals surface area contributed by atoms with E-state index in [4.69, 9.17) is 90.1 Å². The first kappa shape index (κ1) is 130. The van der Waals surface area contributed by atoms with E-state index < -0.39 is 253 Å². The predicted octanol–water partition coefficient (Wildman–Crippen LogP) is -10.8. The molecule has 146 heavy (non-hydrogen) atoms. The summed E-state index contributed by atoms with van der Waals surface area (Å²) in [5, 5.41) is 112. The number of phenolic OH excluding ortho intramolecular Hbond substituents is 1. The molecule has 0 aliphatic carbocycles. The largest absolute Gasteiger partial charge is 0.508 e. The standard InChI is InChI=1S/C89H163N37O20/c1-49(2)43-65(83(144)114-51(5)71(132)117-58(20-7-11-35-91)81(142)126-66(84(145)146)44-50(3)4)125-75(136)56(19-6-10-34-90)115-69(130)47-111-68(129)46-113-73(134)55(23-14-38-106-85(96)97)118-78(139)61(25-16-40-108-87(100)101)123-82(143)64(32-33-67(95)128)124-80(141)63(27-18-42-110-89(104)105)122-79(140)62(26-17-41-109-88(102)103)121-77(138)60(22-9-13-37-93)120-76(137)59(21-8-12-36-92)119-74(135)57(24-15-39-107-86(98)99)116-70(131)48-112-72(133)54(94)45-52-28-30-53(127)31-29-52/h28-31,49-51,54-66,127H,6-27,32-48,90-94H2,1-5H3,(H2,95,128)(H,111,129)(H,112,133)(H,113,134)(H,114,144)(H,115,130)(H,116,131)(H,117,132)(H,118,139)(H,119,135)(H,120,137)(H,121,138)(H,122,140)(H,123,143)(H,124,141)(H,125,136)(H,126,142)(H,145,146)(H4,96,97,106)(H4,98,99,107)(H4,100,101,108)(H4,102,103,109)(H4,104,105,110)/t51-,54-,55-,56-,57-,58-,59-,60-,61-,62-,63-,64-,65-,66-/m0/s1. The van der Waals surface area contributed by atoms with E-state index in [1.165, 1.54) is 19.1 Å². The molecule has 0 unspecified atom stereocenters. The van der Waals surface area contributed by atoms with Crippen molar-refractivity contribution in [1.29, 1.82) is 27.0 Å². The normalized spacial score (nSPS) is 13.8. The number of carbonyl (C=O) groups excluding carboxylic acids is 17. The van der Waals surface area contributed by atoms with Gasteiger partial charge in [0.1, 0.15) is 84.3 Å². The van der Waals surface area contributed by atoms with Gasteiger partial charge in [-0.2, -0.15) is 0 Å². The van der Waals surface area contributed by atoms with E-state index in [0.29, 0.717) is 37.7 Å². The third-order valence-corrected chi connectivity index (χ3v) is 22.2. The molecule has 14 atom stereocenters. The number of phenols is 1. The number of hydrogen-bond donors (Lipinski definition) is 39. The van der Waals surface area contributed by atoms with Crippen molar-refractivity contribution in [1.82, 2.24) is 112 Å². The first-order valence-electron chi connectivity index (χ1n) is 49.0. The van der Waals surface area contributed by atoms with Crippen molar-refractivity contribution in [3.8, 4) is 5.75 Å². The van der Waals surface area contributed by atoms with Crippen LogP contribution in [0.2, 0.25) is 0 Å². The van der Waals surface area contributed by atoms with Gasteiger partial charge in [-0.15, -0.1) is 0 Å². The van der Waals surface area contributed by atoms with Gasteiger partial charge in [-0.3, -0.25) is 109 Å². The molecule has 0 heterocycles. The summed E-state index contributed by atoms with van der Waals surface area (Å²) in [6.07, 6.45) is 0.126. The van der Waals surface area contributed by atoms with E-state index in [1.807, 2.05) is 0 Å². The van der Waals surface area contributed by atoms with Crippen LogP contribution >= 0.6 is 0 Å². The molecule has 1 aromatic carbocycles. The molecule has 0 saturated heterocycles. The van der Waals surface area contributed by atoms with Crippen LogP contribution in [0.15, 0.2) is 24.3 Å². The number of carbonyl (C=O) groups is 18. The molecule has 0 fully saturated rings. The average molecular weight is 2070 g/mol. The zero-order valence-electron chi connectivity index (χ0n) is 84.2. The van der Waals surface area contributed by atoms with Crippen LogP contribution in [0.25, 0.3) is 0 Å². The maximum atomic E-state index is 15.0. The molecule has 0 saturated carbocycles. The maximum Gasteiger partial charge on any atom is 0.326 e. The molecular weight excluding hydrogens is 1910 g/mol. The van der Waals surface area contributed by atoms with Crippen molar-refractivity contribution in [2.24, 2.45) is 74.9 Å². The number of carboxylic acids is 1. The third-order valence-electron chi connectivity index (χ3n) is 22.2. The Kier molecular flexibility index (Phi) is 65.4. The number of primary amides is 1. The number of aromatic hydroxyl groups is 1. The minimum absolute atomic E-state index is 0.00552. The lowest BCUT2D eigenvalue weighted by Crippen LogP contribution is -2.60. The predicted molar refractivity (Wildman–Crippen MR) is 542 cm³/mol. The number of hydrogen-bond acceptors (Lipinski definition) is 29. The minimum Gasteiger partial charge on any atom is -0.508 e. The Bertz CT molecular complexity index is 4380. The fourth-order valence-corrected chi connectivity index (χ4v) is 14.4. The second-order valence-electron chi connectivity index (χ2n) is 35.9.